The van der Waals surface area contributed by atoms with Gasteiger partial charge in [0.1, 0.15) is 16.7 Å². The summed E-state index contributed by atoms with van der Waals surface area (Å²) < 4.78 is 18.7. The van der Waals surface area contributed by atoms with Crippen LogP contribution in [0.1, 0.15) is 12.5 Å². The maximum absolute atomic E-state index is 13.3. The molecule has 3 rings (SSSR count). The zero-order valence-electron chi connectivity index (χ0n) is 11.7. The van der Waals surface area contributed by atoms with Crippen molar-refractivity contribution in [1.29, 1.82) is 0 Å². The van der Waals surface area contributed by atoms with Crippen molar-refractivity contribution in [2.45, 2.75) is 20.0 Å². The van der Waals surface area contributed by atoms with Gasteiger partial charge < -0.3 is 0 Å². The number of aromatic nitrogens is 5. The minimum atomic E-state index is -0.258. The molecule has 2 heterocycles. The molecule has 0 bridgehead atoms. The van der Waals surface area contributed by atoms with Crippen LogP contribution in [0.3, 0.4) is 0 Å². The maximum Gasteiger partial charge on any atom is 0.159 e. The minimum absolute atomic E-state index is 0.258. The lowest BCUT2D eigenvalue weighted by Gasteiger charge is -2.07. The average Bonchev–Trinajstić information content (AvgIpc) is 3.07. The van der Waals surface area contributed by atoms with Crippen LogP contribution in [0, 0.1) is 9.39 Å². The Balaban J connectivity index is 1.97. The second kappa shape index (κ2) is 6.45. The summed E-state index contributed by atoms with van der Waals surface area (Å²) >= 11 is 5.65. The Bertz CT molecular complexity index is 813. The van der Waals surface area contributed by atoms with Crippen molar-refractivity contribution < 1.29 is 4.39 Å². The second-order valence-electron chi connectivity index (χ2n) is 4.64. The van der Waals surface area contributed by atoms with Gasteiger partial charge in [-0.2, -0.15) is 10.2 Å². The van der Waals surface area contributed by atoms with Crippen LogP contribution in [0.5, 0.6) is 0 Å². The highest BCUT2D eigenvalue weighted by atomic mass is 127. The Morgan fingerprint density at radius 2 is 2.09 bits per heavy atom. The van der Waals surface area contributed by atoms with E-state index >= 15 is 0 Å². The van der Waals surface area contributed by atoms with E-state index in [1.807, 2.05) is 17.8 Å². The summed E-state index contributed by atoms with van der Waals surface area (Å²) in [7, 11) is 0. The van der Waals surface area contributed by atoms with E-state index in [2.05, 4.69) is 53.7 Å². The van der Waals surface area contributed by atoms with Crippen LogP contribution in [0.2, 0.25) is 0 Å². The first-order chi connectivity index (χ1) is 10.6. The van der Waals surface area contributed by atoms with E-state index in [9.17, 15) is 4.39 Å². The quantitative estimate of drug-likeness (QED) is 0.540. The van der Waals surface area contributed by atoms with E-state index < -0.39 is 0 Å². The third kappa shape index (κ3) is 2.94. The third-order valence-corrected chi connectivity index (χ3v) is 5.06. The molecule has 114 valence electrons. The number of rotatable bonds is 4. The molecule has 22 heavy (non-hydrogen) atoms. The number of halogens is 3. The van der Waals surface area contributed by atoms with Crippen LogP contribution in [-0.2, 0) is 13.1 Å². The van der Waals surface area contributed by atoms with Gasteiger partial charge in [-0.25, -0.2) is 14.1 Å². The lowest BCUT2D eigenvalue weighted by atomic mass is 10.2. The van der Waals surface area contributed by atoms with Crippen molar-refractivity contribution in [3.05, 3.63) is 50.3 Å². The van der Waals surface area contributed by atoms with Gasteiger partial charge in [0, 0.05) is 21.2 Å². The number of hydrogen-bond acceptors (Lipinski definition) is 3. The Morgan fingerprint density at radius 3 is 2.77 bits per heavy atom. The summed E-state index contributed by atoms with van der Waals surface area (Å²) in [6.07, 6.45) is 3.32. The molecule has 0 saturated carbocycles. The highest BCUT2D eigenvalue weighted by Gasteiger charge is 2.14. The van der Waals surface area contributed by atoms with Gasteiger partial charge in [-0.15, -0.1) is 0 Å². The minimum Gasteiger partial charge on any atom is -0.258 e. The number of hydrogen-bond donors (Lipinski definition) is 0. The Labute approximate surface area is 148 Å². The van der Waals surface area contributed by atoms with Gasteiger partial charge in [0.15, 0.2) is 5.82 Å². The summed E-state index contributed by atoms with van der Waals surface area (Å²) in [6, 6.07) is 4.64. The van der Waals surface area contributed by atoms with E-state index in [0.29, 0.717) is 12.4 Å². The van der Waals surface area contributed by atoms with Crippen LogP contribution >= 0.6 is 38.5 Å². The predicted octanol–water partition coefficient (Wildman–Crippen LogP) is 3.72. The zero-order chi connectivity index (χ0) is 15.7. The first-order valence-electron chi connectivity index (χ1n) is 6.63. The Morgan fingerprint density at radius 1 is 1.27 bits per heavy atom. The normalized spacial score (nSPS) is 11.1. The molecule has 2 aromatic heterocycles. The summed E-state index contributed by atoms with van der Waals surface area (Å²) in [5.74, 6) is 0.451. The molecule has 1 aromatic carbocycles. The highest BCUT2D eigenvalue weighted by molar-refractivity contribution is 14.1. The molecule has 0 unspecified atom stereocenters. The van der Waals surface area contributed by atoms with Crippen molar-refractivity contribution in [2.24, 2.45) is 0 Å². The first-order valence-corrected chi connectivity index (χ1v) is 8.50. The molecule has 0 spiro atoms. The van der Waals surface area contributed by atoms with Crippen LogP contribution in [0.25, 0.3) is 11.4 Å². The topological polar surface area (TPSA) is 48.5 Å². The first kappa shape index (κ1) is 15.6. The molecule has 8 heteroatoms. The van der Waals surface area contributed by atoms with Crippen LogP contribution < -0.4 is 0 Å². The van der Waals surface area contributed by atoms with Gasteiger partial charge in [0.25, 0.3) is 0 Å². The van der Waals surface area contributed by atoms with Crippen molar-refractivity contribution in [3.63, 3.8) is 0 Å². The molecule has 0 fully saturated rings. The smallest absolute Gasteiger partial charge is 0.159 e. The summed E-state index contributed by atoms with van der Waals surface area (Å²) in [6.45, 7) is 3.37. The van der Waals surface area contributed by atoms with Crippen molar-refractivity contribution in [3.8, 4) is 11.4 Å². The lowest BCUT2D eigenvalue weighted by molar-refractivity contribution is 0.626. The molecular weight excluding hydrogens is 464 g/mol. The van der Waals surface area contributed by atoms with Gasteiger partial charge >= 0.3 is 0 Å². The van der Waals surface area contributed by atoms with Gasteiger partial charge in [-0.1, -0.05) is 0 Å². The fourth-order valence-electron chi connectivity index (χ4n) is 2.16. The molecule has 5 nitrogen and oxygen atoms in total. The van der Waals surface area contributed by atoms with Crippen molar-refractivity contribution >= 4 is 38.5 Å². The number of aryl methyl sites for hydroxylation is 1. The molecule has 0 amide bonds. The van der Waals surface area contributed by atoms with Crippen molar-refractivity contribution in [1.82, 2.24) is 24.5 Å². The van der Waals surface area contributed by atoms with E-state index in [4.69, 9.17) is 0 Å². The average molecular weight is 476 g/mol. The van der Waals surface area contributed by atoms with Crippen LogP contribution in [-0.4, -0.2) is 24.5 Å². The van der Waals surface area contributed by atoms with E-state index in [-0.39, 0.29) is 5.82 Å². The Hall–Kier alpha value is -1.29. The summed E-state index contributed by atoms with van der Waals surface area (Å²) in [5.41, 5.74) is 1.88. The molecule has 0 N–H and O–H groups in total. The van der Waals surface area contributed by atoms with E-state index in [1.54, 1.807) is 10.7 Å². The fraction of sp³-hybridized carbons (Fsp3) is 0.214. The van der Waals surface area contributed by atoms with Gasteiger partial charge in [0.05, 0.1) is 12.7 Å². The molecule has 0 aliphatic heterocycles. The van der Waals surface area contributed by atoms with Crippen LogP contribution in [0.15, 0.2) is 35.3 Å². The van der Waals surface area contributed by atoms with E-state index in [1.165, 1.54) is 18.5 Å². The Kier molecular flexibility index (Phi) is 4.57. The maximum atomic E-state index is 13.3. The molecule has 0 saturated heterocycles. The molecule has 0 atom stereocenters. The molecule has 0 radical (unpaired) electrons. The summed E-state index contributed by atoms with van der Waals surface area (Å²) in [4.78, 5) is 4.31. The third-order valence-electron chi connectivity index (χ3n) is 3.25. The largest absolute Gasteiger partial charge is 0.258 e. The molecule has 0 aliphatic rings. The van der Waals surface area contributed by atoms with Crippen molar-refractivity contribution in [2.75, 3.05) is 0 Å². The van der Waals surface area contributed by atoms with Gasteiger partial charge in [-0.05, 0) is 63.6 Å². The zero-order valence-corrected chi connectivity index (χ0v) is 15.4. The monoisotopic (exact) mass is 475 g/mol. The van der Waals surface area contributed by atoms with Gasteiger partial charge in [0.2, 0.25) is 0 Å². The molecule has 0 aliphatic carbocycles. The SMILES string of the molecule is CCn1ncc(Cn2ncnc2-c2ccc(F)cc2I)c1Br. The van der Waals surface area contributed by atoms with E-state index in [0.717, 1.165) is 25.8 Å². The summed E-state index contributed by atoms with van der Waals surface area (Å²) in [5, 5.41) is 8.58. The molecular formula is C14H12BrFIN5. The highest BCUT2D eigenvalue weighted by Crippen LogP contribution is 2.25. The number of benzene rings is 1. The second-order valence-corrected chi connectivity index (χ2v) is 6.56. The predicted molar refractivity (Wildman–Crippen MR) is 92.8 cm³/mol. The van der Waals surface area contributed by atoms with Crippen LogP contribution in [0.4, 0.5) is 4.39 Å². The lowest BCUT2D eigenvalue weighted by Crippen LogP contribution is -2.05. The number of nitrogens with zero attached hydrogens (tertiary/aromatic N) is 5. The van der Waals surface area contributed by atoms with Gasteiger partial charge in [-0.3, -0.25) is 4.68 Å². The molecule has 3 aromatic rings. The fourth-order valence-corrected chi connectivity index (χ4v) is 3.44. The standard InChI is InChI=1S/C14H12BrFIN5/c1-2-21-13(15)9(6-19-21)7-22-14(18-8-20-22)11-4-3-10(16)5-12(11)17/h3-6,8H,2,7H2,1H3.